The molecule has 0 aliphatic carbocycles. The van der Waals surface area contributed by atoms with Crippen molar-refractivity contribution < 1.29 is 4.79 Å². The van der Waals surface area contributed by atoms with Gasteiger partial charge in [0.05, 0.1) is 12.2 Å². The average molecular weight is 261 g/mol. The first-order valence-electron chi connectivity index (χ1n) is 5.78. The van der Waals surface area contributed by atoms with Crippen molar-refractivity contribution in [3.05, 3.63) is 46.7 Å². The molecule has 5 heteroatoms. The van der Waals surface area contributed by atoms with Crippen LogP contribution in [0.15, 0.2) is 36.1 Å². The second-order valence-corrected chi connectivity index (χ2v) is 5.28. The molecule has 0 fully saturated rings. The maximum absolute atomic E-state index is 12.0. The fourth-order valence-electron chi connectivity index (χ4n) is 1.67. The molecule has 94 valence electrons. The quantitative estimate of drug-likeness (QED) is 0.920. The summed E-state index contributed by atoms with van der Waals surface area (Å²) in [4.78, 5) is 21.1. The number of rotatable bonds is 4. The normalized spacial score (nSPS) is 12.4. The van der Waals surface area contributed by atoms with Gasteiger partial charge in [-0.2, -0.15) is 0 Å². The first-order chi connectivity index (χ1) is 8.68. The molecule has 0 aliphatic heterocycles. The van der Waals surface area contributed by atoms with Gasteiger partial charge in [-0.3, -0.25) is 9.78 Å². The zero-order chi connectivity index (χ0) is 13.0. The van der Waals surface area contributed by atoms with Crippen LogP contribution in [0.4, 0.5) is 0 Å². The van der Waals surface area contributed by atoms with Crippen LogP contribution in [0.5, 0.6) is 0 Å². The number of nitrogens with one attached hydrogen (secondary N) is 1. The Hall–Kier alpha value is -1.75. The van der Waals surface area contributed by atoms with Crippen LogP contribution in [0.1, 0.15) is 35.3 Å². The van der Waals surface area contributed by atoms with Gasteiger partial charge in [-0.1, -0.05) is 19.9 Å². The highest BCUT2D eigenvalue weighted by molar-refractivity contribution is 7.10. The highest BCUT2D eigenvalue weighted by Crippen LogP contribution is 2.25. The topological polar surface area (TPSA) is 54.9 Å². The minimum atomic E-state index is -0.185. The first-order valence-corrected chi connectivity index (χ1v) is 6.66. The maximum atomic E-state index is 12.0. The van der Waals surface area contributed by atoms with Crippen LogP contribution in [0, 0.1) is 5.92 Å². The van der Waals surface area contributed by atoms with Crippen molar-refractivity contribution in [2.75, 3.05) is 0 Å². The van der Waals surface area contributed by atoms with Crippen molar-refractivity contribution in [1.29, 1.82) is 0 Å². The standard InChI is InChI=1S/C13H15N3OS/c1-9(2)12(11-4-3-7-18-11)16-13(17)10-8-14-5-6-15-10/h3-9,12H,1-2H3,(H,16,17). The molecule has 0 spiro atoms. The van der Waals surface area contributed by atoms with Gasteiger partial charge in [-0.15, -0.1) is 11.3 Å². The number of thiophene rings is 1. The lowest BCUT2D eigenvalue weighted by Crippen LogP contribution is -2.31. The molecule has 2 aromatic heterocycles. The summed E-state index contributed by atoms with van der Waals surface area (Å²) in [5, 5.41) is 5.02. The largest absolute Gasteiger partial charge is 0.343 e. The van der Waals surface area contributed by atoms with E-state index in [1.165, 1.54) is 12.4 Å². The number of aromatic nitrogens is 2. The van der Waals surface area contributed by atoms with Gasteiger partial charge in [0.2, 0.25) is 0 Å². The molecule has 1 amide bonds. The molecule has 2 heterocycles. The van der Waals surface area contributed by atoms with Crippen LogP contribution in [0.2, 0.25) is 0 Å². The molecular formula is C13H15N3OS. The lowest BCUT2D eigenvalue weighted by Gasteiger charge is -2.20. The van der Waals surface area contributed by atoms with Gasteiger partial charge in [0.1, 0.15) is 5.69 Å². The number of hydrogen-bond donors (Lipinski definition) is 1. The van der Waals surface area contributed by atoms with Gasteiger partial charge in [-0.05, 0) is 17.4 Å². The number of carbonyl (C=O) groups is 1. The third-order valence-electron chi connectivity index (χ3n) is 2.60. The van der Waals surface area contributed by atoms with Crippen LogP contribution in [-0.4, -0.2) is 15.9 Å². The van der Waals surface area contributed by atoms with Crippen molar-refractivity contribution in [3.8, 4) is 0 Å². The van der Waals surface area contributed by atoms with E-state index >= 15 is 0 Å². The van der Waals surface area contributed by atoms with E-state index in [1.54, 1.807) is 17.5 Å². The van der Waals surface area contributed by atoms with Crippen LogP contribution < -0.4 is 5.32 Å². The second-order valence-electron chi connectivity index (χ2n) is 4.30. The second kappa shape index (κ2) is 5.73. The molecular weight excluding hydrogens is 246 g/mol. The van der Waals surface area contributed by atoms with E-state index in [4.69, 9.17) is 0 Å². The molecule has 2 aromatic rings. The Bertz CT molecular complexity index is 496. The third-order valence-corrected chi connectivity index (χ3v) is 3.55. The summed E-state index contributed by atoms with van der Waals surface area (Å²) >= 11 is 1.65. The minimum Gasteiger partial charge on any atom is -0.343 e. The van der Waals surface area contributed by atoms with Gasteiger partial charge >= 0.3 is 0 Å². The van der Waals surface area contributed by atoms with Crippen molar-refractivity contribution in [1.82, 2.24) is 15.3 Å². The highest BCUT2D eigenvalue weighted by atomic mass is 32.1. The van der Waals surface area contributed by atoms with Gasteiger partial charge in [0, 0.05) is 17.3 Å². The van der Waals surface area contributed by atoms with E-state index in [-0.39, 0.29) is 11.9 Å². The molecule has 0 saturated heterocycles. The fraction of sp³-hybridized carbons (Fsp3) is 0.308. The Labute approximate surface area is 110 Å². The van der Waals surface area contributed by atoms with Gasteiger partial charge in [0.15, 0.2) is 0 Å². The van der Waals surface area contributed by atoms with Gasteiger partial charge in [-0.25, -0.2) is 4.98 Å². The molecule has 0 aromatic carbocycles. The maximum Gasteiger partial charge on any atom is 0.271 e. The SMILES string of the molecule is CC(C)C(NC(=O)c1cnccn1)c1cccs1. The van der Waals surface area contributed by atoms with E-state index in [2.05, 4.69) is 29.1 Å². The number of carbonyl (C=O) groups excluding carboxylic acids is 1. The molecule has 2 rings (SSSR count). The van der Waals surface area contributed by atoms with Crippen LogP contribution in [-0.2, 0) is 0 Å². The molecule has 1 N–H and O–H groups in total. The summed E-state index contributed by atoms with van der Waals surface area (Å²) in [5.74, 6) is 0.138. The summed E-state index contributed by atoms with van der Waals surface area (Å²) in [6.45, 7) is 4.17. The molecule has 1 atom stereocenters. The Morgan fingerprint density at radius 2 is 2.22 bits per heavy atom. The van der Waals surface area contributed by atoms with E-state index in [0.717, 1.165) is 4.88 Å². The smallest absolute Gasteiger partial charge is 0.271 e. The summed E-state index contributed by atoms with van der Waals surface area (Å²) < 4.78 is 0. The number of hydrogen-bond acceptors (Lipinski definition) is 4. The molecule has 1 unspecified atom stereocenters. The summed E-state index contributed by atoms with van der Waals surface area (Å²) in [6.07, 6.45) is 4.54. The zero-order valence-electron chi connectivity index (χ0n) is 10.3. The number of amides is 1. The first kappa shape index (κ1) is 12.7. The van der Waals surface area contributed by atoms with Crippen molar-refractivity contribution in [2.24, 2.45) is 5.92 Å². The highest BCUT2D eigenvalue weighted by Gasteiger charge is 2.20. The lowest BCUT2D eigenvalue weighted by molar-refractivity contribution is 0.0921. The van der Waals surface area contributed by atoms with Gasteiger partial charge < -0.3 is 5.32 Å². The zero-order valence-corrected chi connectivity index (χ0v) is 11.1. The van der Waals surface area contributed by atoms with Crippen LogP contribution >= 0.6 is 11.3 Å². The van der Waals surface area contributed by atoms with Crippen molar-refractivity contribution in [3.63, 3.8) is 0 Å². The van der Waals surface area contributed by atoms with E-state index in [9.17, 15) is 4.79 Å². The average Bonchev–Trinajstić information content (AvgIpc) is 2.90. The Kier molecular flexibility index (Phi) is 4.04. The third kappa shape index (κ3) is 2.92. The molecule has 18 heavy (non-hydrogen) atoms. The monoisotopic (exact) mass is 261 g/mol. The molecule has 0 radical (unpaired) electrons. The van der Waals surface area contributed by atoms with Gasteiger partial charge in [0.25, 0.3) is 5.91 Å². The molecule has 0 saturated carbocycles. The number of nitrogens with zero attached hydrogens (tertiary/aromatic N) is 2. The minimum absolute atomic E-state index is 0.0134. The van der Waals surface area contributed by atoms with Crippen LogP contribution in [0.25, 0.3) is 0 Å². The lowest BCUT2D eigenvalue weighted by atomic mass is 10.0. The van der Waals surface area contributed by atoms with Crippen molar-refractivity contribution >= 4 is 17.2 Å². The predicted molar refractivity (Wildman–Crippen MR) is 71.4 cm³/mol. The molecule has 0 bridgehead atoms. The van der Waals surface area contributed by atoms with Crippen molar-refractivity contribution in [2.45, 2.75) is 19.9 Å². The van der Waals surface area contributed by atoms with E-state index < -0.39 is 0 Å². The Balaban J connectivity index is 2.13. The molecule has 0 aliphatic rings. The van der Waals surface area contributed by atoms with E-state index in [0.29, 0.717) is 11.6 Å². The predicted octanol–water partition coefficient (Wildman–Crippen LogP) is 2.67. The summed E-state index contributed by atoms with van der Waals surface area (Å²) in [6, 6.07) is 4.04. The van der Waals surface area contributed by atoms with E-state index in [1.807, 2.05) is 17.5 Å². The Morgan fingerprint density at radius 1 is 1.39 bits per heavy atom. The summed E-state index contributed by atoms with van der Waals surface area (Å²) in [7, 11) is 0. The van der Waals surface area contributed by atoms with Crippen LogP contribution in [0.3, 0.4) is 0 Å². The summed E-state index contributed by atoms with van der Waals surface area (Å²) in [5.41, 5.74) is 0.347. The Morgan fingerprint density at radius 3 is 2.78 bits per heavy atom. The molecule has 4 nitrogen and oxygen atoms in total. The fourth-order valence-corrected chi connectivity index (χ4v) is 2.62.